The SMILES string of the molecule is Cc1ccccc1C(CC=O)CC(=O)O. The number of carboxylic acid groups (broad SMARTS) is 1. The molecule has 0 radical (unpaired) electrons. The molecule has 0 spiro atoms. The van der Waals surface area contributed by atoms with E-state index in [1.54, 1.807) is 0 Å². The predicted molar refractivity (Wildman–Crippen MR) is 56.9 cm³/mol. The van der Waals surface area contributed by atoms with Crippen molar-refractivity contribution in [2.75, 3.05) is 0 Å². The van der Waals surface area contributed by atoms with Gasteiger partial charge in [0, 0.05) is 12.3 Å². The molecule has 80 valence electrons. The van der Waals surface area contributed by atoms with Gasteiger partial charge in [0.2, 0.25) is 0 Å². The Kier molecular flexibility index (Phi) is 4.03. The molecule has 3 nitrogen and oxygen atoms in total. The number of carbonyl (C=O) groups is 2. The molecule has 15 heavy (non-hydrogen) atoms. The first-order chi connectivity index (χ1) is 7.15. The third-order valence-corrected chi connectivity index (χ3v) is 2.43. The van der Waals surface area contributed by atoms with E-state index in [0.717, 1.165) is 17.4 Å². The van der Waals surface area contributed by atoms with Gasteiger partial charge in [-0.2, -0.15) is 0 Å². The number of benzene rings is 1. The number of aliphatic carboxylic acids is 1. The van der Waals surface area contributed by atoms with Crippen LogP contribution in [-0.4, -0.2) is 17.4 Å². The van der Waals surface area contributed by atoms with Gasteiger partial charge in [0.15, 0.2) is 0 Å². The summed E-state index contributed by atoms with van der Waals surface area (Å²) in [5, 5.41) is 8.75. The van der Waals surface area contributed by atoms with Gasteiger partial charge in [-0.15, -0.1) is 0 Å². The highest BCUT2D eigenvalue weighted by Crippen LogP contribution is 2.25. The molecule has 0 saturated heterocycles. The van der Waals surface area contributed by atoms with Crippen molar-refractivity contribution in [3.05, 3.63) is 35.4 Å². The maximum atomic E-state index is 10.7. The summed E-state index contributed by atoms with van der Waals surface area (Å²) in [6.45, 7) is 1.93. The number of carbonyl (C=O) groups excluding carboxylic acids is 1. The van der Waals surface area contributed by atoms with E-state index in [9.17, 15) is 9.59 Å². The second-order valence-electron chi connectivity index (χ2n) is 3.55. The van der Waals surface area contributed by atoms with Crippen molar-refractivity contribution in [2.24, 2.45) is 0 Å². The minimum Gasteiger partial charge on any atom is -0.481 e. The van der Waals surface area contributed by atoms with Crippen LogP contribution in [0.2, 0.25) is 0 Å². The monoisotopic (exact) mass is 206 g/mol. The lowest BCUT2D eigenvalue weighted by Gasteiger charge is -2.14. The number of hydrogen-bond acceptors (Lipinski definition) is 2. The topological polar surface area (TPSA) is 54.4 Å². The summed E-state index contributed by atoms with van der Waals surface area (Å²) in [6.07, 6.45) is 1.04. The van der Waals surface area contributed by atoms with E-state index < -0.39 is 5.97 Å². The summed E-state index contributed by atoms with van der Waals surface area (Å²) in [6, 6.07) is 7.57. The van der Waals surface area contributed by atoms with Crippen molar-refractivity contribution < 1.29 is 14.7 Å². The fourth-order valence-corrected chi connectivity index (χ4v) is 1.69. The minimum atomic E-state index is -0.870. The number of carboxylic acids is 1. The van der Waals surface area contributed by atoms with E-state index in [4.69, 9.17) is 5.11 Å². The molecule has 1 rings (SSSR count). The first kappa shape index (κ1) is 11.4. The Morgan fingerprint density at radius 1 is 1.47 bits per heavy atom. The van der Waals surface area contributed by atoms with Crippen LogP contribution < -0.4 is 0 Å². The molecule has 0 aliphatic heterocycles. The van der Waals surface area contributed by atoms with Gasteiger partial charge in [-0.3, -0.25) is 4.79 Å². The molecular weight excluding hydrogens is 192 g/mol. The van der Waals surface area contributed by atoms with E-state index in [1.807, 2.05) is 31.2 Å². The van der Waals surface area contributed by atoms with Gasteiger partial charge in [0.1, 0.15) is 6.29 Å². The highest BCUT2D eigenvalue weighted by Gasteiger charge is 2.16. The van der Waals surface area contributed by atoms with Gasteiger partial charge >= 0.3 is 5.97 Å². The van der Waals surface area contributed by atoms with E-state index >= 15 is 0 Å². The first-order valence-corrected chi connectivity index (χ1v) is 4.86. The Morgan fingerprint density at radius 3 is 2.67 bits per heavy atom. The van der Waals surface area contributed by atoms with E-state index in [-0.39, 0.29) is 18.8 Å². The summed E-state index contributed by atoms with van der Waals surface area (Å²) in [5.41, 5.74) is 1.98. The van der Waals surface area contributed by atoms with Gasteiger partial charge in [-0.1, -0.05) is 24.3 Å². The second-order valence-corrected chi connectivity index (χ2v) is 3.55. The lowest BCUT2D eigenvalue weighted by molar-refractivity contribution is -0.137. The minimum absolute atomic E-state index is 0.00356. The molecule has 0 aliphatic carbocycles. The maximum absolute atomic E-state index is 10.7. The van der Waals surface area contributed by atoms with E-state index in [0.29, 0.717) is 0 Å². The van der Waals surface area contributed by atoms with Crippen LogP contribution in [0.4, 0.5) is 0 Å². The summed E-state index contributed by atoms with van der Waals surface area (Å²) in [7, 11) is 0. The van der Waals surface area contributed by atoms with Gasteiger partial charge in [0.25, 0.3) is 0 Å². The Balaban J connectivity index is 2.92. The van der Waals surface area contributed by atoms with Crippen LogP contribution in [-0.2, 0) is 9.59 Å². The van der Waals surface area contributed by atoms with Gasteiger partial charge in [-0.25, -0.2) is 0 Å². The Hall–Kier alpha value is -1.64. The zero-order chi connectivity index (χ0) is 11.3. The molecule has 0 aromatic heterocycles. The van der Waals surface area contributed by atoms with Crippen molar-refractivity contribution in [2.45, 2.75) is 25.7 Å². The van der Waals surface area contributed by atoms with E-state index in [1.165, 1.54) is 0 Å². The fourth-order valence-electron chi connectivity index (χ4n) is 1.69. The summed E-state index contributed by atoms with van der Waals surface area (Å²) >= 11 is 0. The maximum Gasteiger partial charge on any atom is 0.303 e. The number of aryl methyl sites for hydroxylation is 1. The van der Waals surface area contributed by atoms with Crippen molar-refractivity contribution >= 4 is 12.3 Å². The molecule has 3 heteroatoms. The van der Waals surface area contributed by atoms with Crippen molar-refractivity contribution in [1.29, 1.82) is 0 Å². The Bertz CT molecular complexity index is 358. The van der Waals surface area contributed by atoms with Crippen LogP contribution in [0.5, 0.6) is 0 Å². The van der Waals surface area contributed by atoms with Gasteiger partial charge < -0.3 is 9.90 Å². The third kappa shape index (κ3) is 3.20. The molecule has 1 aromatic carbocycles. The van der Waals surface area contributed by atoms with E-state index in [2.05, 4.69) is 0 Å². The zero-order valence-electron chi connectivity index (χ0n) is 8.64. The molecule has 1 atom stereocenters. The normalized spacial score (nSPS) is 12.1. The van der Waals surface area contributed by atoms with Crippen molar-refractivity contribution in [3.8, 4) is 0 Å². The molecule has 0 aliphatic rings. The molecule has 0 saturated carbocycles. The Morgan fingerprint density at radius 2 is 2.13 bits per heavy atom. The van der Waals surface area contributed by atoms with Gasteiger partial charge in [-0.05, 0) is 18.1 Å². The molecule has 0 amide bonds. The summed E-state index contributed by atoms with van der Waals surface area (Å²) in [4.78, 5) is 21.1. The lowest BCUT2D eigenvalue weighted by atomic mass is 9.90. The van der Waals surface area contributed by atoms with Gasteiger partial charge in [0.05, 0.1) is 6.42 Å². The molecule has 0 bridgehead atoms. The highest BCUT2D eigenvalue weighted by molar-refractivity contribution is 5.69. The summed E-state index contributed by atoms with van der Waals surface area (Å²) < 4.78 is 0. The molecule has 1 aromatic rings. The molecule has 0 heterocycles. The molecular formula is C12H14O3. The number of rotatable bonds is 5. The smallest absolute Gasteiger partial charge is 0.303 e. The Labute approximate surface area is 88.7 Å². The number of hydrogen-bond donors (Lipinski definition) is 1. The average molecular weight is 206 g/mol. The van der Waals surface area contributed by atoms with Crippen LogP contribution in [0.3, 0.4) is 0 Å². The van der Waals surface area contributed by atoms with Crippen LogP contribution in [0.15, 0.2) is 24.3 Å². The van der Waals surface area contributed by atoms with Crippen LogP contribution in [0.25, 0.3) is 0 Å². The van der Waals surface area contributed by atoms with Crippen molar-refractivity contribution in [1.82, 2.24) is 0 Å². The quantitative estimate of drug-likeness (QED) is 0.751. The second kappa shape index (κ2) is 5.29. The van der Waals surface area contributed by atoms with Crippen LogP contribution >= 0.6 is 0 Å². The first-order valence-electron chi connectivity index (χ1n) is 4.86. The standard InChI is InChI=1S/C12H14O3/c1-9-4-2-3-5-11(9)10(6-7-13)8-12(14)15/h2-5,7,10H,6,8H2,1H3,(H,14,15). The predicted octanol–water partition coefficient (Wildman–Crippen LogP) is 2.14. The van der Waals surface area contributed by atoms with Crippen molar-refractivity contribution in [3.63, 3.8) is 0 Å². The highest BCUT2D eigenvalue weighted by atomic mass is 16.4. The molecule has 0 fully saturated rings. The fraction of sp³-hybridized carbons (Fsp3) is 0.333. The van der Waals surface area contributed by atoms with Crippen LogP contribution in [0, 0.1) is 6.92 Å². The third-order valence-electron chi connectivity index (χ3n) is 2.43. The molecule has 1 N–H and O–H groups in total. The lowest BCUT2D eigenvalue weighted by Crippen LogP contribution is -2.08. The zero-order valence-corrected chi connectivity index (χ0v) is 8.64. The van der Waals surface area contributed by atoms with Crippen LogP contribution in [0.1, 0.15) is 29.9 Å². The molecule has 1 unspecified atom stereocenters. The average Bonchev–Trinajstić information content (AvgIpc) is 2.17. The number of aldehydes is 1. The summed E-state index contributed by atoms with van der Waals surface area (Å²) in [5.74, 6) is -1.08. The largest absolute Gasteiger partial charge is 0.481 e.